The van der Waals surface area contributed by atoms with E-state index in [0.29, 0.717) is 5.92 Å². The van der Waals surface area contributed by atoms with Crippen molar-refractivity contribution >= 4 is 16.8 Å². The van der Waals surface area contributed by atoms with Crippen LogP contribution in [0.2, 0.25) is 0 Å². The monoisotopic (exact) mass is 284 g/mol. The van der Waals surface area contributed by atoms with E-state index < -0.39 is 0 Å². The van der Waals surface area contributed by atoms with E-state index in [4.69, 9.17) is 0 Å². The molecule has 1 aliphatic rings. The number of hydrogen-bond acceptors (Lipinski definition) is 0. The lowest BCUT2D eigenvalue weighted by Crippen LogP contribution is -1.94. The van der Waals surface area contributed by atoms with Gasteiger partial charge in [0.1, 0.15) is 0 Å². The van der Waals surface area contributed by atoms with Gasteiger partial charge in [-0.1, -0.05) is 86.2 Å². The molecular formula is C22H20. The Kier molecular flexibility index (Phi) is 3.31. The summed E-state index contributed by atoms with van der Waals surface area (Å²) in [5.74, 6) is 0.593. The van der Waals surface area contributed by atoms with E-state index in [1.54, 1.807) is 0 Å². The molecule has 0 N–H and O–H groups in total. The van der Waals surface area contributed by atoms with Gasteiger partial charge >= 0.3 is 0 Å². The minimum atomic E-state index is 0.593. The van der Waals surface area contributed by atoms with Crippen molar-refractivity contribution in [3.63, 3.8) is 0 Å². The van der Waals surface area contributed by atoms with Crippen molar-refractivity contribution in [1.29, 1.82) is 0 Å². The lowest BCUT2D eigenvalue weighted by Gasteiger charge is -2.14. The predicted molar refractivity (Wildman–Crippen MR) is 96.1 cm³/mol. The Hall–Kier alpha value is -2.34. The van der Waals surface area contributed by atoms with E-state index in [2.05, 4.69) is 79.7 Å². The third-order valence-electron chi connectivity index (χ3n) is 4.71. The first-order valence-electron chi connectivity index (χ1n) is 8.17. The number of fused-ring (bicyclic) bond motifs is 2. The maximum Gasteiger partial charge on any atom is 0.00273 e. The number of benzene rings is 3. The summed E-state index contributed by atoms with van der Waals surface area (Å²) >= 11 is 0. The second-order valence-corrected chi connectivity index (χ2v) is 6.09. The average molecular weight is 284 g/mol. The highest BCUT2D eigenvalue weighted by Gasteiger charge is 2.19. The van der Waals surface area contributed by atoms with Crippen LogP contribution >= 0.6 is 0 Å². The molecule has 0 nitrogen and oxygen atoms in total. The van der Waals surface area contributed by atoms with E-state index in [-0.39, 0.29) is 0 Å². The van der Waals surface area contributed by atoms with E-state index >= 15 is 0 Å². The van der Waals surface area contributed by atoms with Gasteiger partial charge in [0.15, 0.2) is 0 Å². The Morgan fingerprint density at radius 1 is 0.818 bits per heavy atom. The molecule has 0 bridgehead atoms. The molecule has 3 aromatic carbocycles. The molecule has 4 rings (SSSR count). The molecule has 0 amide bonds. The molecule has 1 aliphatic carbocycles. The van der Waals surface area contributed by atoms with Crippen LogP contribution in [-0.2, 0) is 0 Å². The summed E-state index contributed by atoms with van der Waals surface area (Å²) in [5.41, 5.74) is 5.62. The Bertz CT molecular complexity index is 850. The van der Waals surface area contributed by atoms with Crippen LogP contribution in [0, 0.1) is 0 Å². The van der Waals surface area contributed by atoms with Crippen molar-refractivity contribution in [2.45, 2.75) is 25.7 Å². The van der Waals surface area contributed by atoms with Crippen LogP contribution in [0.25, 0.3) is 28.0 Å². The van der Waals surface area contributed by atoms with Crippen molar-refractivity contribution in [1.82, 2.24) is 0 Å². The topological polar surface area (TPSA) is 0 Å². The molecule has 0 radical (unpaired) electrons. The van der Waals surface area contributed by atoms with Crippen LogP contribution in [0.15, 0.2) is 66.7 Å². The van der Waals surface area contributed by atoms with Gasteiger partial charge in [0.2, 0.25) is 0 Å². The van der Waals surface area contributed by atoms with Gasteiger partial charge in [0, 0.05) is 5.92 Å². The van der Waals surface area contributed by atoms with Gasteiger partial charge in [-0.15, -0.1) is 0 Å². The normalized spacial score (nSPS) is 16.1. The molecular weight excluding hydrogens is 264 g/mol. The molecule has 0 spiro atoms. The van der Waals surface area contributed by atoms with Crippen molar-refractivity contribution in [3.05, 3.63) is 77.9 Å². The first kappa shape index (κ1) is 13.3. The number of allylic oxidation sites excluding steroid dienone is 1. The lowest BCUT2D eigenvalue weighted by molar-refractivity contribution is 0.726. The molecule has 1 unspecified atom stereocenters. The summed E-state index contributed by atoms with van der Waals surface area (Å²) in [6, 6.07) is 22.0. The Morgan fingerprint density at radius 3 is 2.50 bits per heavy atom. The Labute approximate surface area is 132 Å². The van der Waals surface area contributed by atoms with Gasteiger partial charge in [-0.2, -0.15) is 0 Å². The molecule has 0 aromatic heterocycles. The number of hydrogen-bond donors (Lipinski definition) is 0. The summed E-state index contributed by atoms with van der Waals surface area (Å²) in [5, 5.41) is 2.65. The second kappa shape index (κ2) is 5.46. The molecule has 3 aromatic rings. The van der Waals surface area contributed by atoms with Gasteiger partial charge in [-0.3, -0.25) is 0 Å². The minimum Gasteiger partial charge on any atom is -0.0764 e. The lowest BCUT2D eigenvalue weighted by atomic mass is 9.90. The van der Waals surface area contributed by atoms with Gasteiger partial charge in [-0.05, 0) is 39.4 Å². The zero-order chi connectivity index (χ0) is 14.9. The van der Waals surface area contributed by atoms with Gasteiger partial charge in [0.25, 0.3) is 0 Å². The van der Waals surface area contributed by atoms with Gasteiger partial charge in [0.05, 0.1) is 0 Å². The summed E-state index contributed by atoms with van der Waals surface area (Å²) < 4.78 is 0. The van der Waals surface area contributed by atoms with Crippen LogP contribution in [0.4, 0.5) is 0 Å². The molecule has 1 atom stereocenters. The fourth-order valence-electron chi connectivity index (χ4n) is 3.67. The first-order valence-corrected chi connectivity index (χ1v) is 8.17. The highest BCUT2D eigenvalue weighted by Crippen LogP contribution is 2.40. The molecule has 0 aliphatic heterocycles. The maximum atomic E-state index is 2.38. The third kappa shape index (κ3) is 2.07. The van der Waals surface area contributed by atoms with Crippen LogP contribution < -0.4 is 0 Å². The fourth-order valence-corrected chi connectivity index (χ4v) is 3.67. The van der Waals surface area contributed by atoms with Gasteiger partial charge in [-0.25, -0.2) is 0 Å². The average Bonchev–Trinajstić information content (AvgIpc) is 2.98. The van der Waals surface area contributed by atoms with E-state index in [0.717, 1.165) is 0 Å². The van der Waals surface area contributed by atoms with Crippen molar-refractivity contribution in [3.8, 4) is 11.1 Å². The Morgan fingerprint density at radius 2 is 1.59 bits per heavy atom. The van der Waals surface area contributed by atoms with Crippen LogP contribution in [0.1, 0.15) is 36.8 Å². The smallest absolute Gasteiger partial charge is 0.00273 e. The molecule has 0 saturated carbocycles. The quantitative estimate of drug-likeness (QED) is 0.520. The van der Waals surface area contributed by atoms with Crippen molar-refractivity contribution in [2.75, 3.05) is 0 Å². The molecule has 0 heterocycles. The third-order valence-corrected chi connectivity index (χ3v) is 4.71. The fraction of sp³-hybridized carbons (Fsp3) is 0.182. The summed E-state index contributed by atoms with van der Waals surface area (Å²) in [4.78, 5) is 0. The molecule has 22 heavy (non-hydrogen) atoms. The first-order chi connectivity index (χ1) is 10.9. The van der Waals surface area contributed by atoms with Crippen LogP contribution in [-0.4, -0.2) is 0 Å². The second-order valence-electron chi connectivity index (χ2n) is 6.09. The van der Waals surface area contributed by atoms with Crippen molar-refractivity contribution < 1.29 is 0 Å². The predicted octanol–water partition coefficient (Wildman–Crippen LogP) is 6.42. The highest BCUT2D eigenvalue weighted by molar-refractivity contribution is 5.99. The summed E-state index contributed by atoms with van der Waals surface area (Å²) in [6.45, 7) is 2.26. The number of rotatable bonds is 3. The largest absolute Gasteiger partial charge is 0.0764 e. The van der Waals surface area contributed by atoms with Crippen LogP contribution in [0.5, 0.6) is 0 Å². The maximum absolute atomic E-state index is 2.38. The van der Waals surface area contributed by atoms with E-state index in [1.165, 1.54) is 45.9 Å². The molecule has 0 heteroatoms. The zero-order valence-electron chi connectivity index (χ0n) is 12.9. The SMILES string of the molecule is CCCC1C=Cc2c(-c3cccc4ccccc34)cccc21. The van der Waals surface area contributed by atoms with Gasteiger partial charge < -0.3 is 0 Å². The van der Waals surface area contributed by atoms with E-state index in [1.807, 2.05) is 0 Å². The summed E-state index contributed by atoms with van der Waals surface area (Å²) in [7, 11) is 0. The zero-order valence-corrected chi connectivity index (χ0v) is 12.9. The van der Waals surface area contributed by atoms with Crippen LogP contribution in [0.3, 0.4) is 0 Å². The summed E-state index contributed by atoms with van der Waals surface area (Å²) in [6.07, 6.45) is 7.17. The molecule has 0 saturated heterocycles. The molecule has 108 valence electrons. The minimum absolute atomic E-state index is 0.593. The standard InChI is InChI=1S/C22H20/c1-2-7-16-14-15-22-19(16)11-6-13-21(22)20-12-5-9-17-8-3-4-10-18(17)20/h3-6,8-16H,2,7H2,1H3. The highest BCUT2D eigenvalue weighted by atomic mass is 14.2. The van der Waals surface area contributed by atoms with Crippen molar-refractivity contribution in [2.24, 2.45) is 0 Å². The Balaban J connectivity index is 1.92. The molecule has 0 fully saturated rings. The van der Waals surface area contributed by atoms with E-state index in [9.17, 15) is 0 Å².